The number of carbonyl (C=O) groups is 1. The molecule has 1 amide bonds. The van der Waals surface area contributed by atoms with Crippen molar-refractivity contribution in [1.82, 2.24) is 9.97 Å². The molecule has 1 aromatic rings. The second kappa shape index (κ2) is 6.38. The van der Waals surface area contributed by atoms with Gasteiger partial charge in [-0.05, 0) is 13.3 Å². The Labute approximate surface area is 122 Å². The Kier molecular flexibility index (Phi) is 5.09. The Morgan fingerprint density at radius 3 is 2.55 bits per heavy atom. The maximum atomic E-state index is 12.0. The zero-order valence-corrected chi connectivity index (χ0v) is 12.3. The highest BCUT2D eigenvalue weighted by atomic mass is 35.5. The number of nitrogens with two attached hydrogens (primary N) is 3. The summed E-state index contributed by atoms with van der Waals surface area (Å²) in [4.78, 5) is 25.2. The number of hydrogen-bond acceptors (Lipinski definition) is 5. The number of amides is 1. The van der Waals surface area contributed by atoms with E-state index in [2.05, 4.69) is 15.0 Å². The first-order valence-electron chi connectivity index (χ1n) is 5.97. The molecule has 0 saturated carbocycles. The summed E-state index contributed by atoms with van der Waals surface area (Å²) in [5, 5.41) is -0.0690. The Bertz CT molecular complexity index is 542. The number of rotatable bonds is 4. The number of guanidine groups is 1. The molecule has 0 aliphatic rings. The van der Waals surface area contributed by atoms with Crippen LogP contribution in [-0.2, 0) is 0 Å². The fourth-order valence-corrected chi connectivity index (χ4v) is 1.59. The number of anilines is 2. The highest BCUT2D eigenvalue weighted by Crippen LogP contribution is 2.24. The summed E-state index contributed by atoms with van der Waals surface area (Å²) in [6.45, 7) is 3.98. The molecule has 0 radical (unpaired) electrons. The van der Waals surface area contributed by atoms with E-state index in [1.807, 2.05) is 13.8 Å². The summed E-state index contributed by atoms with van der Waals surface area (Å²) in [5.74, 6) is -0.749. The summed E-state index contributed by atoms with van der Waals surface area (Å²) < 4.78 is 0. The number of aromatic nitrogens is 2. The molecule has 0 aromatic carbocycles. The summed E-state index contributed by atoms with van der Waals surface area (Å²) >= 11 is 5.80. The van der Waals surface area contributed by atoms with E-state index >= 15 is 0 Å². The maximum Gasteiger partial charge on any atom is 0.302 e. The quantitative estimate of drug-likeness (QED) is 0.539. The molecule has 1 rings (SSSR count). The molecular weight excluding hydrogens is 282 g/mol. The molecule has 1 heterocycles. The van der Waals surface area contributed by atoms with Crippen LogP contribution in [0.2, 0.25) is 5.15 Å². The van der Waals surface area contributed by atoms with E-state index in [9.17, 15) is 4.79 Å². The van der Waals surface area contributed by atoms with Gasteiger partial charge in [0.25, 0.3) is 0 Å². The van der Waals surface area contributed by atoms with Crippen LogP contribution < -0.4 is 22.1 Å². The molecule has 0 aliphatic carbocycles. The zero-order chi connectivity index (χ0) is 15.4. The summed E-state index contributed by atoms with van der Waals surface area (Å²) in [5.41, 5.74) is 16.0. The molecule has 0 aliphatic heterocycles. The first-order chi connectivity index (χ1) is 9.27. The molecule has 1 atom stereocenters. The molecule has 6 N–H and O–H groups in total. The summed E-state index contributed by atoms with van der Waals surface area (Å²) in [6, 6.07) is 0.121. The zero-order valence-electron chi connectivity index (χ0n) is 11.6. The van der Waals surface area contributed by atoms with Gasteiger partial charge in [0.05, 0.1) is 0 Å². The number of carbonyl (C=O) groups excluding carboxylic acids is 1. The van der Waals surface area contributed by atoms with Gasteiger partial charge in [0.15, 0.2) is 28.4 Å². The predicted molar refractivity (Wildman–Crippen MR) is 79.8 cm³/mol. The lowest BCUT2D eigenvalue weighted by Gasteiger charge is -2.26. The molecular formula is C11H18ClN7O. The van der Waals surface area contributed by atoms with Crippen LogP contribution in [0.4, 0.5) is 11.6 Å². The first-order valence-corrected chi connectivity index (χ1v) is 6.35. The lowest BCUT2D eigenvalue weighted by atomic mass is 10.2. The van der Waals surface area contributed by atoms with E-state index < -0.39 is 5.91 Å². The third-order valence-electron chi connectivity index (χ3n) is 2.88. The van der Waals surface area contributed by atoms with Crippen molar-refractivity contribution in [3.05, 3.63) is 10.8 Å². The van der Waals surface area contributed by atoms with Crippen molar-refractivity contribution >= 4 is 35.1 Å². The average molecular weight is 300 g/mol. The van der Waals surface area contributed by atoms with Crippen LogP contribution in [0, 0.1) is 0 Å². The molecule has 1 aromatic heterocycles. The SMILES string of the molecule is CCC(C)N(C)c1nc(N)c(Cl)nc1C(=O)N=C(N)N. The molecule has 110 valence electrons. The highest BCUT2D eigenvalue weighted by Gasteiger charge is 2.22. The number of nitrogen functional groups attached to an aromatic ring is 1. The fourth-order valence-electron chi connectivity index (χ4n) is 1.46. The minimum absolute atomic E-state index is 0.0399. The largest absolute Gasteiger partial charge is 0.381 e. The third kappa shape index (κ3) is 3.47. The molecule has 0 fully saturated rings. The van der Waals surface area contributed by atoms with Crippen LogP contribution in [-0.4, -0.2) is 34.9 Å². The van der Waals surface area contributed by atoms with Gasteiger partial charge in [0.1, 0.15) is 0 Å². The fraction of sp³-hybridized carbons (Fsp3) is 0.455. The summed E-state index contributed by atoms with van der Waals surface area (Å²) in [7, 11) is 1.78. The Morgan fingerprint density at radius 1 is 1.45 bits per heavy atom. The average Bonchev–Trinajstić information content (AvgIpc) is 2.38. The smallest absolute Gasteiger partial charge is 0.302 e. The van der Waals surface area contributed by atoms with Gasteiger partial charge in [0, 0.05) is 13.1 Å². The molecule has 8 nitrogen and oxygen atoms in total. The van der Waals surface area contributed by atoms with E-state index in [0.29, 0.717) is 0 Å². The van der Waals surface area contributed by atoms with Gasteiger partial charge in [-0.2, -0.15) is 4.99 Å². The van der Waals surface area contributed by atoms with Crippen molar-refractivity contribution in [2.75, 3.05) is 17.7 Å². The number of halogens is 1. The van der Waals surface area contributed by atoms with Crippen molar-refractivity contribution in [3.8, 4) is 0 Å². The predicted octanol–water partition coefficient (Wildman–Crippen LogP) is 0.361. The van der Waals surface area contributed by atoms with Gasteiger partial charge in [-0.15, -0.1) is 0 Å². The van der Waals surface area contributed by atoms with Crippen molar-refractivity contribution < 1.29 is 4.79 Å². The van der Waals surface area contributed by atoms with Gasteiger partial charge in [-0.25, -0.2) is 9.97 Å². The first kappa shape index (κ1) is 16.0. The van der Waals surface area contributed by atoms with Crippen LogP contribution in [0.3, 0.4) is 0 Å². The van der Waals surface area contributed by atoms with Crippen molar-refractivity contribution in [2.45, 2.75) is 26.3 Å². The lowest BCUT2D eigenvalue weighted by molar-refractivity contribution is 0.0998. The maximum absolute atomic E-state index is 12.0. The van der Waals surface area contributed by atoms with Crippen LogP contribution in [0.15, 0.2) is 4.99 Å². The Balaban J connectivity index is 3.38. The van der Waals surface area contributed by atoms with Crippen LogP contribution in [0.25, 0.3) is 0 Å². The van der Waals surface area contributed by atoms with Crippen LogP contribution >= 0.6 is 11.6 Å². The molecule has 0 bridgehead atoms. The van der Waals surface area contributed by atoms with E-state index in [4.69, 9.17) is 28.8 Å². The molecule has 9 heteroatoms. The number of nitrogens with zero attached hydrogens (tertiary/aromatic N) is 4. The molecule has 20 heavy (non-hydrogen) atoms. The normalized spacial score (nSPS) is 11.8. The van der Waals surface area contributed by atoms with Gasteiger partial charge in [-0.1, -0.05) is 18.5 Å². The summed E-state index contributed by atoms with van der Waals surface area (Å²) in [6.07, 6.45) is 0.844. The number of aliphatic imine (C=N–C) groups is 1. The second-order valence-electron chi connectivity index (χ2n) is 4.28. The molecule has 0 saturated heterocycles. The Hall–Kier alpha value is -2.09. The van der Waals surface area contributed by atoms with Crippen molar-refractivity contribution in [3.63, 3.8) is 0 Å². The van der Waals surface area contributed by atoms with E-state index in [1.54, 1.807) is 11.9 Å². The van der Waals surface area contributed by atoms with E-state index in [0.717, 1.165) is 6.42 Å². The molecule has 1 unspecified atom stereocenters. The lowest BCUT2D eigenvalue weighted by Crippen LogP contribution is -2.31. The third-order valence-corrected chi connectivity index (χ3v) is 3.16. The second-order valence-corrected chi connectivity index (χ2v) is 4.64. The topological polar surface area (TPSA) is 137 Å². The Morgan fingerprint density at radius 2 is 2.05 bits per heavy atom. The van der Waals surface area contributed by atoms with Gasteiger partial charge < -0.3 is 22.1 Å². The van der Waals surface area contributed by atoms with Crippen LogP contribution in [0.5, 0.6) is 0 Å². The standard InChI is InChI=1S/C11H18ClN7O/c1-4-5(2)19(3)9-6(10(20)18-11(14)15)16-7(12)8(13)17-9/h5H,4H2,1-3H3,(H2,13,17)(H4,14,15,18,20). The number of hydrogen-bond donors (Lipinski definition) is 3. The van der Waals surface area contributed by atoms with Gasteiger partial charge >= 0.3 is 5.91 Å². The van der Waals surface area contributed by atoms with Crippen molar-refractivity contribution in [2.24, 2.45) is 16.5 Å². The van der Waals surface area contributed by atoms with E-state index in [-0.39, 0.29) is 34.5 Å². The minimum Gasteiger partial charge on any atom is -0.381 e. The van der Waals surface area contributed by atoms with Gasteiger partial charge in [0.2, 0.25) is 0 Å². The van der Waals surface area contributed by atoms with Crippen LogP contribution in [0.1, 0.15) is 30.8 Å². The molecule has 0 spiro atoms. The van der Waals surface area contributed by atoms with E-state index in [1.165, 1.54) is 0 Å². The van der Waals surface area contributed by atoms with Crippen molar-refractivity contribution in [1.29, 1.82) is 0 Å². The minimum atomic E-state index is -0.718. The monoisotopic (exact) mass is 299 g/mol. The highest BCUT2D eigenvalue weighted by molar-refractivity contribution is 6.31. The van der Waals surface area contributed by atoms with Gasteiger partial charge in [-0.3, -0.25) is 4.79 Å².